The third kappa shape index (κ3) is 3.56. The number of nitro benzene ring substituents is 1. The SMILES string of the molecule is O=[N+]([O-])c1ccccc1CCN1CC[C@]2(c3cccc(O)c3)CCC[C@H]1C2. The molecule has 0 aromatic heterocycles. The van der Waals surface area contributed by atoms with Crippen molar-refractivity contribution in [3.05, 3.63) is 69.8 Å². The van der Waals surface area contributed by atoms with Crippen LogP contribution in [0.5, 0.6) is 5.75 Å². The molecule has 1 aliphatic carbocycles. The number of aromatic hydroxyl groups is 1. The molecule has 2 aliphatic rings. The zero-order valence-corrected chi connectivity index (χ0v) is 15.5. The molecule has 1 heterocycles. The summed E-state index contributed by atoms with van der Waals surface area (Å²) < 4.78 is 0. The van der Waals surface area contributed by atoms with Crippen molar-refractivity contribution >= 4 is 5.69 Å². The Kier molecular flexibility index (Phi) is 4.87. The summed E-state index contributed by atoms with van der Waals surface area (Å²) in [5.41, 5.74) is 2.50. The fraction of sp³-hybridized carbons (Fsp3) is 0.455. The van der Waals surface area contributed by atoms with Crippen LogP contribution >= 0.6 is 0 Å². The van der Waals surface area contributed by atoms with E-state index in [0.29, 0.717) is 18.2 Å². The average molecular weight is 366 g/mol. The standard InChI is InChI=1S/C22H26N2O3/c25-20-8-3-6-18(15-20)22-11-4-7-19(16-22)23(14-12-22)13-10-17-5-1-2-9-21(17)24(26)27/h1-3,5-6,8-9,15,19,25H,4,7,10-14,16H2/t19-,22+/m0/s1. The van der Waals surface area contributed by atoms with Crippen LogP contribution in [0.1, 0.15) is 43.2 Å². The molecule has 0 spiro atoms. The number of benzene rings is 2. The lowest BCUT2D eigenvalue weighted by Gasteiger charge is -2.51. The van der Waals surface area contributed by atoms with Gasteiger partial charge in [-0.3, -0.25) is 15.0 Å². The van der Waals surface area contributed by atoms with Crippen LogP contribution in [0.2, 0.25) is 0 Å². The predicted molar refractivity (Wildman–Crippen MR) is 105 cm³/mol. The highest BCUT2D eigenvalue weighted by atomic mass is 16.6. The lowest BCUT2D eigenvalue weighted by atomic mass is 9.63. The number of phenols is 1. The summed E-state index contributed by atoms with van der Waals surface area (Å²) in [7, 11) is 0. The van der Waals surface area contributed by atoms with Gasteiger partial charge >= 0.3 is 0 Å². The second-order valence-electron chi connectivity index (χ2n) is 8.00. The van der Waals surface area contributed by atoms with Crippen LogP contribution in [0, 0.1) is 10.1 Å². The van der Waals surface area contributed by atoms with E-state index >= 15 is 0 Å². The van der Waals surface area contributed by atoms with Gasteiger partial charge in [-0.25, -0.2) is 0 Å². The van der Waals surface area contributed by atoms with Gasteiger partial charge in [0.25, 0.3) is 5.69 Å². The lowest BCUT2D eigenvalue weighted by Crippen LogP contribution is -2.52. The molecule has 2 fully saturated rings. The van der Waals surface area contributed by atoms with E-state index in [1.54, 1.807) is 18.2 Å². The van der Waals surface area contributed by atoms with Crippen LogP contribution in [-0.4, -0.2) is 34.1 Å². The minimum atomic E-state index is -0.279. The lowest BCUT2D eigenvalue weighted by molar-refractivity contribution is -0.385. The quantitative estimate of drug-likeness (QED) is 0.628. The topological polar surface area (TPSA) is 66.6 Å². The van der Waals surface area contributed by atoms with Crippen LogP contribution < -0.4 is 0 Å². The Bertz CT molecular complexity index is 838. The Morgan fingerprint density at radius 3 is 2.85 bits per heavy atom. The minimum Gasteiger partial charge on any atom is -0.508 e. The van der Waals surface area contributed by atoms with Crippen molar-refractivity contribution in [3.8, 4) is 5.75 Å². The molecule has 5 nitrogen and oxygen atoms in total. The van der Waals surface area contributed by atoms with Crippen molar-refractivity contribution in [2.75, 3.05) is 13.1 Å². The summed E-state index contributed by atoms with van der Waals surface area (Å²) in [6.07, 6.45) is 6.49. The summed E-state index contributed by atoms with van der Waals surface area (Å²) in [4.78, 5) is 13.5. The van der Waals surface area contributed by atoms with Gasteiger partial charge in [-0.05, 0) is 61.8 Å². The summed E-state index contributed by atoms with van der Waals surface area (Å²) in [6, 6.07) is 15.4. The maximum Gasteiger partial charge on any atom is 0.272 e. The number of nitro groups is 1. The highest BCUT2D eigenvalue weighted by Crippen LogP contribution is 2.47. The molecule has 2 aromatic carbocycles. The van der Waals surface area contributed by atoms with Crippen molar-refractivity contribution in [1.29, 1.82) is 0 Å². The molecule has 2 atom stereocenters. The van der Waals surface area contributed by atoms with Gasteiger partial charge in [-0.2, -0.15) is 0 Å². The smallest absolute Gasteiger partial charge is 0.272 e. The van der Waals surface area contributed by atoms with Crippen LogP contribution in [0.3, 0.4) is 0 Å². The average Bonchev–Trinajstić information content (AvgIpc) is 2.68. The van der Waals surface area contributed by atoms with Gasteiger partial charge in [0.1, 0.15) is 5.75 Å². The number of fused-ring (bicyclic) bond motifs is 2. The molecular formula is C22H26N2O3. The first-order valence-electron chi connectivity index (χ1n) is 9.83. The molecular weight excluding hydrogens is 340 g/mol. The first-order chi connectivity index (χ1) is 13.1. The zero-order valence-electron chi connectivity index (χ0n) is 15.5. The summed E-state index contributed by atoms with van der Waals surface area (Å²) >= 11 is 0. The predicted octanol–water partition coefficient (Wildman–Crippen LogP) is 4.43. The third-order valence-corrected chi connectivity index (χ3v) is 6.53. The van der Waals surface area contributed by atoms with Crippen molar-refractivity contribution < 1.29 is 10.0 Å². The summed E-state index contributed by atoms with van der Waals surface area (Å²) in [5.74, 6) is 0.350. The number of piperidine rings is 1. The molecule has 0 radical (unpaired) electrons. The van der Waals surface area contributed by atoms with Crippen LogP contribution in [0.4, 0.5) is 5.69 Å². The fourth-order valence-electron chi connectivity index (χ4n) is 5.11. The Balaban J connectivity index is 1.47. The largest absolute Gasteiger partial charge is 0.508 e. The molecule has 5 heteroatoms. The Hall–Kier alpha value is -2.40. The molecule has 2 bridgehead atoms. The Morgan fingerprint density at radius 2 is 2.04 bits per heavy atom. The van der Waals surface area contributed by atoms with E-state index in [-0.39, 0.29) is 16.0 Å². The molecule has 4 rings (SSSR count). The van der Waals surface area contributed by atoms with E-state index in [2.05, 4.69) is 11.0 Å². The molecule has 1 saturated carbocycles. The van der Waals surface area contributed by atoms with Gasteiger partial charge in [0, 0.05) is 24.2 Å². The fourth-order valence-corrected chi connectivity index (χ4v) is 5.11. The van der Waals surface area contributed by atoms with Gasteiger partial charge < -0.3 is 5.11 Å². The first-order valence-corrected chi connectivity index (χ1v) is 9.83. The van der Waals surface area contributed by atoms with E-state index < -0.39 is 0 Å². The number of phenolic OH excluding ortho intramolecular Hbond substituents is 1. The molecule has 1 saturated heterocycles. The minimum absolute atomic E-state index is 0.177. The molecule has 0 unspecified atom stereocenters. The van der Waals surface area contributed by atoms with E-state index in [0.717, 1.165) is 31.5 Å². The van der Waals surface area contributed by atoms with Gasteiger partial charge in [0.05, 0.1) is 4.92 Å². The number of hydrogen-bond acceptors (Lipinski definition) is 4. The van der Waals surface area contributed by atoms with Gasteiger partial charge in [-0.1, -0.05) is 36.8 Å². The molecule has 1 aliphatic heterocycles. The highest BCUT2D eigenvalue weighted by molar-refractivity contribution is 5.40. The molecule has 2 aromatic rings. The summed E-state index contributed by atoms with van der Waals surface area (Å²) in [6.45, 7) is 1.88. The number of hydrogen-bond donors (Lipinski definition) is 1. The van der Waals surface area contributed by atoms with Crippen molar-refractivity contribution in [2.24, 2.45) is 0 Å². The highest BCUT2D eigenvalue weighted by Gasteiger charge is 2.43. The second-order valence-corrected chi connectivity index (χ2v) is 8.00. The zero-order chi connectivity index (χ0) is 18.9. The first kappa shape index (κ1) is 18.0. The maximum absolute atomic E-state index is 11.2. The van der Waals surface area contributed by atoms with E-state index in [9.17, 15) is 15.2 Å². The number of nitrogens with zero attached hydrogens (tertiary/aromatic N) is 2. The second kappa shape index (κ2) is 7.31. The summed E-state index contributed by atoms with van der Waals surface area (Å²) in [5, 5.41) is 21.1. The van der Waals surface area contributed by atoms with Crippen molar-refractivity contribution in [2.45, 2.75) is 50.0 Å². The number of likely N-dealkylation sites (tertiary alicyclic amines) is 1. The van der Waals surface area contributed by atoms with Crippen LogP contribution in [0.25, 0.3) is 0 Å². The van der Waals surface area contributed by atoms with Crippen LogP contribution in [0.15, 0.2) is 48.5 Å². The molecule has 1 N–H and O–H groups in total. The van der Waals surface area contributed by atoms with E-state index in [1.807, 2.05) is 24.3 Å². The van der Waals surface area contributed by atoms with Gasteiger partial charge in [0.15, 0.2) is 0 Å². The molecule has 0 amide bonds. The van der Waals surface area contributed by atoms with Gasteiger partial charge in [0.2, 0.25) is 0 Å². The Labute approximate surface area is 159 Å². The molecule has 142 valence electrons. The number of rotatable bonds is 5. The monoisotopic (exact) mass is 366 g/mol. The van der Waals surface area contributed by atoms with Gasteiger partial charge in [-0.15, -0.1) is 0 Å². The van der Waals surface area contributed by atoms with Crippen molar-refractivity contribution in [1.82, 2.24) is 4.90 Å². The normalized spacial score (nSPS) is 25.3. The van der Waals surface area contributed by atoms with Crippen LogP contribution in [-0.2, 0) is 11.8 Å². The maximum atomic E-state index is 11.2. The van der Waals surface area contributed by atoms with E-state index in [1.165, 1.54) is 24.8 Å². The molecule has 27 heavy (non-hydrogen) atoms. The van der Waals surface area contributed by atoms with Crippen molar-refractivity contribution in [3.63, 3.8) is 0 Å². The Morgan fingerprint density at radius 1 is 1.19 bits per heavy atom. The third-order valence-electron chi connectivity index (χ3n) is 6.53. The van der Waals surface area contributed by atoms with E-state index in [4.69, 9.17) is 0 Å². The number of para-hydroxylation sites is 1.